The Morgan fingerprint density at radius 3 is 3.10 bits per heavy atom. The molecule has 2 aromatic rings. The van der Waals surface area contributed by atoms with Crippen LogP contribution in [0.2, 0.25) is 0 Å². The molecule has 1 aromatic carbocycles. The number of thioether (sulfide) groups is 1. The van der Waals surface area contributed by atoms with Gasteiger partial charge in [-0.2, -0.15) is 5.10 Å². The minimum absolute atomic E-state index is 0.615. The number of nitrogens with one attached hydrogen (secondary N) is 1. The third-order valence-electron chi connectivity index (χ3n) is 3.53. The molecule has 4 heteroatoms. The summed E-state index contributed by atoms with van der Waals surface area (Å²) in [5.74, 6) is 0. The van der Waals surface area contributed by atoms with E-state index in [0.717, 1.165) is 38.2 Å². The molecule has 0 spiro atoms. The fourth-order valence-corrected chi connectivity index (χ4v) is 3.87. The summed E-state index contributed by atoms with van der Waals surface area (Å²) in [6.07, 6.45) is 4.42. The molecule has 1 aliphatic rings. The van der Waals surface area contributed by atoms with Gasteiger partial charge >= 0.3 is 0 Å². The fraction of sp³-hybridized carbons (Fsp3) is 0.438. The molecule has 2 heterocycles. The van der Waals surface area contributed by atoms with E-state index in [0.29, 0.717) is 5.25 Å². The Hall–Kier alpha value is -1.26. The van der Waals surface area contributed by atoms with E-state index in [9.17, 15) is 0 Å². The van der Waals surface area contributed by atoms with Gasteiger partial charge in [0.25, 0.3) is 0 Å². The number of hydrogen-bond donors (Lipinski definition) is 1. The summed E-state index contributed by atoms with van der Waals surface area (Å²) in [4.78, 5) is 1.44. The van der Waals surface area contributed by atoms with Gasteiger partial charge in [0.15, 0.2) is 0 Å². The van der Waals surface area contributed by atoms with Gasteiger partial charge in [0.1, 0.15) is 0 Å². The highest BCUT2D eigenvalue weighted by molar-refractivity contribution is 8.00. The number of fused-ring (bicyclic) bond motifs is 1. The first kappa shape index (κ1) is 13.7. The highest BCUT2D eigenvalue weighted by Gasteiger charge is 2.22. The van der Waals surface area contributed by atoms with E-state index in [1.165, 1.54) is 10.5 Å². The highest BCUT2D eigenvalue weighted by atomic mass is 32.2. The van der Waals surface area contributed by atoms with Crippen molar-refractivity contribution in [1.82, 2.24) is 15.1 Å². The summed E-state index contributed by atoms with van der Waals surface area (Å²) in [7, 11) is 0. The van der Waals surface area contributed by atoms with E-state index in [-0.39, 0.29) is 0 Å². The van der Waals surface area contributed by atoms with Crippen LogP contribution < -0.4 is 5.32 Å². The van der Waals surface area contributed by atoms with Crippen LogP contribution in [-0.4, -0.2) is 21.6 Å². The molecule has 0 bridgehead atoms. The first-order valence-corrected chi connectivity index (χ1v) is 8.20. The number of nitrogens with zero attached hydrogens (tertiary/aromatic N) is 2. The Morgan fingerprint density at radius 2 is 2.25 bits per heavy atom. The number of benzene rings is 1. The Labute approximate surface area is 124 Å². The quantitative estimate of drug-likeness (QED) is 0.828. The lowest BCUT2D eigenvalue weighted by molar-refractivity contribution is 0.576. The molecule has 3 nitrogen and oxygen atoms in total. The molecule has 0 saturated heterocycles. The van der Waals surface area contributed by atoms with Crippen molar-refractivity contribution in [2.45, 2.75) is 43.0 Å². The van der Waals surface area contributed by atoms with Gasteiger partial charge in [0, 0.05) is 22.9 Å². The van der Waals surface area contributed by atoms with Crippen LogP contribution in [0, 0.1) is 0 Å². The van der Waals surface area contributed by atoms with Gasteiger partial charge in [-0.1, -0.05) is 25.1 Å². The van der Waals surface area contributed by atoms with E-state index in [2.05, 4.69) is 58.5 Å². The van der Waals surface area contributed by atoms with E-state index < -0.39 is 0 Å². The van der Waals surface area contributed by atoms with Gasteiger partial charge in [-0.3, -0.25) is 4.68 Å². The lowest BCUT2D eigenvalue weighted by Crippen LogP contribution is -2.16. The zero-order valence-electron chi connectivity index (χ0n) is 11.9. The molecule has 106 valence electrons. The molecule has 1 unspecified atom stereocenters. The smallest absolute Gasteiger partial charge is 0.0762 e. The van der Waals surface area contributed by atoms with E-state index in [4.69, 9.17) is 0 Å². The molecule has 0 saturated carbocycles. The number of rotatable bonds is 6. The molecule has 3 rings (SSSR count). The summed E-state index contributed by atoms with van der Waals surface area (Å²) in [6, 6.07) is 10.8. The molecule has 1 aliphatic heterocycles. The van der Waals surface area contributed by atoms with Crippen molar-refractivity contribution < 1.29 is 0 Å². The maximum Gasteiger partial charge on any atom is 0.0762 e. The van der Waals surface area contributed by atoms with Crippen molar-refractivity contribution in [3.63, 3.8) is 0 Å². The van der Waals surface area contributed by atoms with Gasteiger partial charge in [-0.15, -0.1) is 11.8 Å². The minimum Gasteiger partial charge on any atom is -0.311 e. The van der Waals surface area contributed by atoms with Gasteiger partial charge < -0.3 is 5.32 Å². The number of aromatic nitrogens is 2. The number of hydrogen-bond acceptors (Lipinski definition) is 3. The highest BCUT2D eigenvalue weighted by Crippen LogP contribution is 2.37. The molecule has 1 N–H and O–H groups in total. The van der Waals surface area contributed by atoms with Crippen LogP contribution in [0.5, 0.6) is 0 Å². The molecule has 0 fully saturated rings. The van der Waals surface area contributed by atoms with Crippen molar-refractivity contribution in [3.05, 3.63) is 47.8 Å². The molecule has 20 heavy (non-hydrogen) atoms. The van der Waals surface area contributed by atoms with E-state index >= 15 is 0 Å². The molecule has 0 radical (unpaired) electrons. The van der Waals surface area contributed by atoms with Crippen LogP contribution in [0.3, 0.4) is 0 Å². The Morgan fingerprint density at radius 1 is 1.35 bits per heavy atom. The summed E-state index contributed by atoms with van der Waals surface area (Å²) < 4.78 is 2.09. The van der Waals surface area contributed by atoms with Crippen molar-refractivity contribution in [1.29, 1.82) is 0 Å². The predicted molar refractivity (Wildman–Crippen MR) is 84.0 cm³/mol. The molecule has 0 aliphatic carbocycles. The van der Waals surface area contributed by atoms with E-state index in [1.54, 1.807) is 0 Å². The van der Waals surface area contributed by atoms with Crippen LogP contribution in [0.25, 0.3) is 0 Å². The second-order valence-corrected chi connectivity index (χ2v) is 6.60. The predicted octanol–water partition coefficient (Wildman–Crippen LogP) is 3.10. The first-order chi connectivity index (χ1) is 9.85. The zero-order chi connectivity index (χ0) is 13.8. The third-order valence-corrected chi connectivity index (χ3v) is 4.83. The normalized spacial score (nSPS) is 17.4. The van der Waals surface area contributed by atoms with E-state index in [1.807, 2.05) is 11.8 Å². The van der Waals surface area contributed by atoms with Crippen molar-refractivity contribution in [2.24, 2.45) is 0 Å². The average Bonchev–Trinajstić information content (AvgIpc) is 3.05. The monoisotopic (exact) mass is 287 g/mol. The summed E-state index contributed by atoms with van der Waals surface area (Å²) in [5, 5.41) is 8.66. The van der Waals surface area contributed by atoms with Crippen molar-refractivity contribution >= 4 is 11.8 Å². The molecule has 1 atom stereocenters. The summed E-state index contributed by atoms with van der Waals surface area (Å²) >= 11 is 1.99. The van der Waals surface area contributed by atoms with Crippen molar-refractivity contribution in [2.75, 3.05) is 6.54 Å². The SMILES string of the molecule is CCCNCc1ccn(CC2Cc3ccccc3S2)n1. The standard InChI is InChI=1S/C16H21N3S/c1-2-8-17-11-14-7-9-19(18-14)12-15-10-13-5-3-4-6-16(13)20-15/h3-7,9,15,17H,2,8,10-12H2,1H3. The minimum atomic E-state index is 0.615. The second kappa shape index (κ2) is 6.46. The van der Waals surface area contributed by atoms with Gasteiger partial charge in [0.2, 0.25) is 0 Å². The second-order valence-electron chi connectivity index (χ2n) is 5.26. The summed E-state index contributed by atoms with van der Waals surface area (Å²) in [6.45, 7) is 5.10. The van der Waals surface area contributed by atoms with Crippen LogP contribution >= 0.6 is 11.8 Å². The Balaban J connectivity index is 1.55. The lowest BCUT2D eigenvalue weighted by atomic mass is 10.1. The maximum absolute atomic E-state index is 4.65. The topological polar surface area (TPSA) is 29.9 Å². The molecule has 1 aromatic heterocycles. The van der Waals surface area contributed by atoms with Crippen molar-refractivity contribution in [3.8, 4) is 0 Å². The first-order valence-electron chi connectivity index (χ1n) is 7.33. The van der Waals surface area contributed by atoms with Crippen LogP contribution in [0.15, 0.2) is 41.4 Å². The molecular weight excluding hydrogens is 266 g/mol. The van der Waals surface area contributed by atoms with Crippen LogP contribution in [0.1, 0.15) is 24.6 Å². The molecular formula is C16H21N3S. The maximum atomic E-state index is 4.65. The molecule has 0 amide bonds. The zero-order valence-corrected chi connectivity index (χ0v) is 12.7. The average molecular weight is 287 g/mol. The van der Waals surface area contributed by atoms with Crippen LogP contribution in [0.4, 0.5) is 0 Å². The van der Waals surface area contributed by atoms with Crippen LogP contribution in [-0.2, 0) is 19.5 Å². The fourth-order valence-electron chi connectivity index (χ4n) is 2.56. The third kappa shape index (κ3) is 3.25. The van der Waals surface area contributed by atoms with Gasteiger partial charge in [-0.05, 0) is 37.1 Å². The largest absolute Gasteiger partial charge is 0.311 e. The Bertz CT molecular complexity index is 539. The Kier molecular flexibility index (Phi) is 4.43. The summed E-state index contributed by atoms with van der Waals surface area (Å²) in [5.41, 5.74) is 2.62. The van der Waals surface area contributed by atoms with Gasteiger partial charge in [-0.25, -0.2) is 0 Å². The van der Waals surface area contributed by atoms with Gasteiger partial charge in [0.05, 0.1) is 12.2 Å². The lowest BCUT2D eigenvalue weighted by Gasteiger charge is -2.08.